The van der Waals surface area contributed by atoms with E-state index in [0.717, 1.165) is 6.42 Å². The van der Waals surface area contributed by atoms with E-state index in [1.807, 2.05) is 6.92 Å². The Labute approximate surface area is 94.1 Å². The van der Waals surface area contributed by atoms with Gasteiger partial charge in [-0.2, -0.15) is 0 Å². The molecular formula is C10H18N2O4. The second-order valence-electron chi connectivity index (χ2n) is 4.03. The van der Waals surface area contributed by atoms with E-state index in [1.54, 1.807) is 0 Å². The van der Waals surface area contributed by atoms with Gasteiger partial charge in [-0.15, -0.1) is 0 Å². The Hall–Kier alpha value is -1.14. The minimum Gasteiger partial charge on any atom is -0.481 e. The van der Waals surface area contributed by atoms with E-state index >= 15 is 0 Å². The third kappa shape index (κ3) is 3.46. The maximum absolute atomic E-state index is 11.5. The smallest absolute Gasteiger partial charge is 0.311 e. The molecule has 0 aromatic rings. The first-order valence-corrected chi connectivity index (χ1v) is 5.40. The molecule has 0 bridgehead atoms. The highest BCUT2D eigenvalue weighted by Crippen LogP contribution is 2.14. The molecule has 1 aliphatic rings. The van der Waals surface area contributed by atoms with Crippen LogP contribution in [0.1, 0.15) is 19.8 Å². The third-order valence-electron chi connectivity index (χ3n) is 2.72. The molecule has 0 aromatic carbocycles. The number of nitrogens with two attached hydrogens (primary N) is 1. The van der Waals surface area contributed by atoms with Gasteiger partial charge in [0, 0.05) is 12.5 Å². The summed E-state index contributed by atoms with van der Waals surface area (Å²) in [6.45, 7) is 2.31. The van der Waals surface area contributed by atoms with Gasteiger partial charge in [0.25, 0.3) is 0 Å². The van der Waals surface area contributed by atoms with Gasteiger partial charge in [-0.3, -0.25) is 9.59 Å². The van der Waals surface area contributed by atoms with Crippen LogP contribution in [0, 0.1) is 5.92 Å². The number of carboxylic acid groups (broad SMARTS) is 1. The zero-order chi connectivity index (χ0) is 12.1. The van der Waals surface area contributed by atoms with E-state index < -0.39 is 17.9 Å². The summed E-state index contributed by atoms with van der Waals surface area (Å²) in [5, 5.41) is 11.5. The highest BCUT2D eigenvalue weighted by molar-refractivity contribution is 5.78. The Morgan fingerprint density at radius 2 is 2.25 bits per heavy atom. The van der Waals surface area contributed by atoms with Crippen molar-refractivity contribution in [2.24, 2.45) is 11.7 Å². The number of hydrogen-bond acceptors (Lipinski definition) is 4. The Morgan fingerprint density at radius 1 is 1.56 bits per heavy atom. The minimum atomic E-state index is -0.942. The number of hydrogen-bond donors (Lipinski definition) is 3. The highest BCUT2D eigenvalue weighted by atomic mass is 16.5. The van der Waals surface area contributed by atoms with Crippen LogP contribution in [0.4, 0.5) is 0 Å². The summed E-state index contributed by atoms with van der Waals surface area (Å²) in [6.07, 6.45) is 0.941. The first-order valence-electron chi connectivity index (χ1n) is 5.40. The van der Waals surface area contributed by atoms with Gasteiger partial charge in [0.2, 0.25) is 5.91 Å². The molecule has 3 unspecified atom stereocenters. The van der Waals surface area contributed by atoms with Crippen LogP contribution >= 0.6 is 0 Å². The summed E-state index contributed by atoms with van der Waals surface area (Å²) in [7, 11) is 0. The molecule has 1 heterocycles. The van der Waals surface area contributed by atoms with E-state index in [2.05, 4.69) is 5.32 Å². The lowest BCUT2D eigenvalue weighted by molar-refractivity contribution is -0.142. The molecule has 16 heavy (non-hydrogen) atoms. The zero-order valence-corrected chi connectivity index (χ0v) is 9.31. The van der Waals surface area contributed by atoms with E-state index in [4.69, 9.17) is 15.6 Å². The fourth-order valence-electron chi connectivity index (χ4n) is 1.59. The molecule has 0 aromatic heterocycles. The van der Waals surface area contributed by atoms with Crippen molar-refractivity contribution in [2.45, 2.75) is 31.8 Å². The lowest BCUT2D eigenvalue weighted by Gasteiger charge is -2.16. The largest absolute Gasteiger partial charge is 0.481 e. The molecule has 1 aliphatic heterocycles. The fourth-order valence-corrected chi connectivity index (χ4v) is 1.59. The van der Waals surface area contributed by atoms with Gasteiger partial charge in [-0.1, -0.05) is 6.92 Å². The standard InChI is InChI=1S/C10H18N2O4/c1-2-6(11)3-9(13)12-8-5-16-4-7(8)10(14)15/h6-8H,2-5,11H2,1H3,(H,12,13)(H,14,15). The summed E-state index contributed by atoms with van der Waals surface area (Å²) in [5.41, 5.74) is 5.63. The second-order valence-corrected chi connectivity index (χ2v) is 4.03. The molecular weight excluding hydrogens is 212 g/mol. The third-order valence-corrected chi connectivity index (χ3v) is 2.72. The van der Waals surface area contributed by atoms with E-state index in [0.29, 0.717) is 0 Å². The second kappa shape index (κ2) is 5.81. The predicted octanol–water partition coefficient (Wildman–Crippen LogP) is -0.670. The monoisotopic (exact) mass is 230 g/mol. The minimum absolute atomic E-state index is 0.153. The number of carboxylic acids is 1. The molecule has 1 fully saturated rings. The number of aliphatic carboxylic acids is 1. The predicted molar refractivity (Wildman–Crippen MR) is 56.8 cm³/mol. The van der Waals surface area contributed by atoms with Gasteiger partial charge in [0.15, 0.2) is 0 Å². The number of amides is 1. The Morgan fingerprint density at radius 3 is 2.81 bits per heavy atom. The number of nitrogens with one attached hydrogen (secondary N) is 1. The Balaban J connectivity index is 2.41. The zero-order valence-electron chi connectivity index (χ0n) is 9.31. The molecule has 6 heteroatoms. The van der Waals surface area contributed by atoms with Crippen molar-refractivity contribution in [2.75, 3.05) is 13.2 Å². The molecule has 3 atom stereocenters. The molecule has 0 aliphatic carbocycles. The van der Waals surface area contributed by atoms with Gasteiger partial charge in [-0.25, -0.2) is 0 Å². The first kappa shape index (κ1) is 12.9. The van der Waals surface area contributed by atoms with Crippen molar-refractivity contribution in [3.8, 4) is 0 Å². The van der Waals surface area contributed by atoms with Gasteiger partial charge < -0.3 is 20.9 Å². The average Bonchev–Trinajstić information content (AvgIpc) is 2.65. The SMILES string of the molecule is CCC(N)CC(=O)NC1COCC1C(=O)O. The first-order chi connectivity index (χ1) is 7.54. The molecule has 4 N–H and O–H groups in total. The van der Waals surface area contributed by atoms with Gasteiger partial charge in [0.1, 0.15) is 5.92 Å². The lowest BCUT2D eigenvalue weighted by atomic mass is 10.0. The molecule has 0 saturated carbocycles. The van der Waals surface area contributed by atoms with Crippen LogP contribution in [-0.4, -0.2) is 42.3 Å². The van der Waals surface area contributed by atoms with Crippen LogP contribution in [0.2, 0.25) is 0 Å². The number of carbonyl (C=O) groups is 2. The van der Waals surface area contributed by atoms with Crippen LogP contribution in [0.15, 0.2) is 0 Å². The topological polar surface area (TPSA) is 102 Å². The van der Waals surface area contributed by atoms with Gasteiger partial charge in [-0.05, 0) is 6.42 Å². The van der Waals surface area contributed by atoms with Crippen molar-refractivity contribution >= 4 is 11.9 Å². The summed E-state index contributed by atoms with van der Waals surface area (Å²) in [4.78, 5) is 22.3. The summed E-state index contributed by atoms with van der Waals surface area (Å²) in [5.74, 6) is -1.81. The average molecular weight is 230 g/mol. The quantitative estimate of drug-likeness (QED) is 0.581. The number of ether oxygens (including phenoxy) is 1. The van der Waals surface area contributed by atoms with Crippen molar-refractivity contribution in [1.82, 2.24) is 5.32 Å². The molecule has 1 saturated heterocycles. The molecule has 6 nitrogen and oxygen atoms in total. The molecule has 1 rings (SSSR count). The van der Waals surface area contributed by atoms with Crippen molar-refractivity contribution in [1.29, 1.82) is 0 Å². The maximum atomic E-state index is 11.5. The fraction of sp³-hybridized carbons (Fsp3) is 0.800. The summed E-state index contributed by atoms with van der Waals surface area (Å²) >= 11 is 0. The van der Waals surface area contributed by atoms with Crippen LogP contribution in [-0.2, 0) is 14.3 Å². The summed E-state index contributed by atoms with van der Waals surface area (Å²) < 4.78 is 5.04. The maximum Gasteiger partial charge on any atom is 0.311 e. The molecule has 92 valence electrons. The lowest BCUT2D eigenvalue weighted by Crippen LogP contribution is -2.44. The van der Waals surface area contributed by atoms with Crippen LogP contribution in [0.3, 0.4) is 0 Å². The summed E-state index contributed by atoms with van der Waals surface area (Å²) in [6, 6.07) is -0.611. The van der Waals surface area contributed by atoms with Crippen LogP contribution in [0.5, 0.6) is 0 Å². The Bertz CT molecular complexity index is 270. The van der Waals surface area contributed by atoms with E-state index in [1.165, 1.54) is 0 Å². The van der Waals surface area contributed by atoms with Crippen molar-refractivity contribution in [3.05, 3.63) is 0 Å². The number of rotatable bonds is 5. The van der Waals surface area contributed by atoms with Crippen LogP contribution in [0.25, 0.3) is 0 Å². The molecule has 0 spiro atoms. The van der Waals surface area contributed by atoms with E-state index in [-0.39, 0.29) is 31.6 Å². The number of carbonyl (C=O) groups excluding carboxylic acids is 1. The molecule has 0 radical (unpaired) electrons. The normalized spacial score (nSPS) is 26.4. The Kier molecular flexibility index (Phi) is 4.70. The highest BCUT2D eigenvalue weighted by Gasteiger charge is 2.34. The van der Waals surface area contributed by atoms with Gasteiger partial charge >= 0.3 is 5.97 Å². The van der Waals surface area contributed by atoms with Crippen LogP contribution < -0.4 is 11.1 Å². The molecule has 1 amide bonds. The van der Waals surface area contributed by atoms with Crippen molar-refractivity contribution < 1.29 is 19.4 Å². The van der Waals surface area contributed by atoms with Gasteiger partial charge in [0.05, 0.1) is 19.3 Å². The van der Waals surface area contributed by atoms with Crippen molar-refractivity contribution in [3.63, 3.8) is 0 Å². The van der Waals surface area contributed by atoms with E-state index in [9.17, 15) is 9.59 Å².